The van der Waals surface area contributed by atoms with Crippen LogP contribution in [0.15, 0.2) is 53.3 Å². The van der Waals surface area contributed by atoms with E-state index in [0.717, 1.165) is 9.29 Å². The van der Waals surface area contributed by atoms with Crippen LogP contribution < -0.4 is 10.3 Å². The predicted octanol–water partition coefficient (Wildman–Crippen LogP) is 2.24. The van der Waals surface area contributed by atoms with Gasteiger partial charge in [0.1, 0.15) is 18.0 Å². The molecule has 12 heteroatoms. The number of rotatable bonds is 5. The maximum atomic E-state index is 12.8. The van der Waals surface area contributed by atoms with Crippen molar-refractivity contribution in [2.24, 2.45) is 0 Å². The quantitative estimate of drug-likeness (QED) is 0.612. The van der Waals surface area contributed by atoms with Gasteiger partial charge in [-0.05, 0) is 35.9 Å². The molecule has 1 amide bonds. The van der Waals surface area contributed by atoms with Crippen molar-refractivity contribution in [1.29, 1.82) is 0 Å². The first-order valence-electron chi connectivity index (χ1n) is 8.56. The zero-order valence-electron chi connectivity index (χ0n) is 15.5. The second-order valence-corrected chi connectivity index (χ2v) is 7.95. The summed E-state index contributed by atoms with van der Waals surface area (Å²) in [5, 5.41) is 9.31. The van der Waals surface area contributed by atoms with Crippen LogP contribution in [0.1, 0.15) is 11.3 Å². The molecule has 0 bridgehead atoms. The van der Waals surface area contributed by atoms with Crippen LogP contribution in [0, 0.1) is 0 Å². The lowest BCUT2D eigenvalue weighted by molar-refractivity contribution is -0.120. The number of nitrogens with one attached hydrogen (secondary N) is 1. The molecule has 0 atom stereocenters. The SMILES string of the molecule is O=C(Cn1c(=O)c(/C=C/c2ccc(O)cc2)nc2ccccc21)NS(=O)(=O)C(F)(F)F. The lowest BCUT2D eigenvalue weighted by Gasteiger charge is -2.12. The molecule has 0 spiro atoms. The highest BCUT2D eigenvalue weighted by Crippen LogP contribution is 2.21. The van der Waals surface area contributed by atoms with E-state index in [4.69, 9.17) is 0 Å². The molecule has 3 aromatic rings. The van der Waals surface area contributed by atoms with Crippen LogP contribution in [0.4, 0.5) is 13.2 Å². The van der Waals surface area contributed by atoms with E-state index in [9.17, 15) is 36.3 Å². The number of benzene rings is 2. The Morgan fingerprint density at radius 1 is 1.10 bits per heavy atom. The largest absolute Gasteiger partial charge is 0.516 e. The van der Waals surface area contributed by atoms with Crippen molar-refractivity contribution < 1.29 is 31.5 Å². The zero-order valence-corrected chi connectivity index (χ0v) is 16.3. The van der Waals surface area contributed by atoms with Gasteiger partial charge in [0.15, 0.2) is 0 Å². The number of phenols is 1. The average molecular weight is 453 g/mol. The summed E-state index contributed by atoms with van der Waals surface area (Å²) in [5.41, 5.74) is -5.60. The minimum atomic E-state index is -5.91. The Labute approximate surface area is 173 Å². The Kier molecular flexibility index (Phi) is 5.84. The smallest absolute Gasteiger partial charge is 0.508 e. The Bertz CT molecular complexity index is 1330. The second-order valence-electron chi connectivity index (χ2n) is 6.28. The molecule has 2 aromatic carbocycles. The summed E-state index contributed by atoms with van der Waals surface area (Å²) >= 11 is 0. The van der Waals surface area contributed by atoms with Crippen molar-refractivity contribution in [3.63, 3.8) is 0 Å². The van der Waals surface area contributed by atoms with Crippen LogP contribution in [0.5, 0.6) is 5.75 Å². The molecule has 0 fully saturated rings. The molecule has 0 saturated heterocycles. The summed E-state index contributed by atoms with van der Waals surface area (Å²) in [6, 6.07) is 12.1. The zero-order chi connectivity index (χ0) is 22.8. The van der Waals surface area contributed by atoms with E-state index in [1.807, 2.05) is 0 Å². The Morgan fingerprint density at radius 2 is 1.74 bits per heavy atom. The number of hydrogen-bond donors (Lipinski definition) is 2. The van der Waals surface area contributed by atoms with Crippen LogP contribution in [0.3, 0.4) is 0 Å². The number of sulfonamides is 1. The highest BCUT2D eigenvalue weighted by atomic mass is 32.2. The first-order chi connectivity index (χ1) is 14.5. The molecule has 1 heterocycles. The third kappa shape index (κ3) is 4.91. The Morgan fingerprint density at radius 3 is 2.39 bits per heavy atom. The van der Waals surface area contributed by atoms with E-state index in [-0.39, 0.29) is 22.5 Å². The summed E-state index contributed by atoms with van der Waals surface area (Å²) in [6.45, 7) is -0.975. The molecule has 0 aliphatic carbocycles. The molecule has 0 radical (unpaired) electrons. The van der Waals surface area contributed by atoms with Gasteiger partial charge in [-0.3, -0.25) is 14.2 Å². The highest BCUT2D eigenvalue weighted by molar-refractivity contribution is 7.90. The van der Waals surface area contributed by atoms with Crippen molar-refractivity contribution in [2.75, 3.05) is 0 Å². The van der Waals surface area contributed by atoms with E-state index >= 15 is 0 Å². The number of carbonyl (C=O) groups excluding carboxylic acids is 1. The number of phenolic OH excluding ortho intramolecular Hbond substituents is 1. The topological polar surface area (TPSA) is 118 Å². The molecule has 162 valence electrons. The number of aromatic hydroxyl groups is 1. The van der Waals surface area contributed by atoms with Crippen LogP contribution in [-0.4, -0.2) is 34.5 Å². The minimum absolute atomic E-state index is 0.0446. The Balaban J connectivity index is 2.00. The van der Waals surface area contributed by atoms with Gasteiger partial charge >= 0.3 is 15.5 Å². The van der Waals surface area contributed by atoms with Crippen molar-refractivity contribution in [3.05, 3.63) is 70.1 Å². The second kappa shape index (κ2) is 8.22. The summed E-state index contributed by atoms with van der Waals surface area (Å²) in [7, 11) is -5.91. The number of amides is 1. The first-order valence-corrected chi connectivity index (χ1v) is 10.0. The van der Waals surface area contributed by atoms with E-state index in [0.29, 0.717) is 5.56 Å². The van der Waals surface area contributed by atoms with Gasteiger partial charge in [-0.2, -0.15) is 21.6 Å². The van der Waals surface area contributed by atoms with Gasteiger partial charge < -0.3 is 5.11 Å². The summed E-state index contributed by atoms with van der Waals surface area (Å²) in [6.07, 6.45) is 2.85. The molecule has 3 rings (SSSR count). The number of halogens is 3. The standard InChI is InChI=1S/C19H14F3N3O5S/c20-19(21,22)31(29,30)24-17(27)11-25-16-4-2-1-3-14(16)23-15(18(25)28)10-7-12-5-8-13(26)9-6-12/h1-10,26H,11H2,(H,24,27)/b10-7+. The van der Waals surface area contributed by atoms with Crippen molar-refractivity contribution in [3.8, 4) is 5.75 Å². The Hall–Kier alpha value is -3.67. The fourth-order valence-electron chi connectivity index (χ4n) is 2.62. The normalized spacial score (nSPS) is 12.4. The van der Waals surface area contributed by atoms with Gasteiger partial charge in [0, 0.05) is 0 Å². The van der Waals surface area contributed by atoms with E-state index < -0.39 is 33.5 Å². The molecular formula is C19H14F3N3O5S. The van der Waals surface area contributed by atoms with Crippen LogP contribution in [0.25, 0.3) is 23.2 Å². The number of hydrogen-bond acceptors (Lipinski definition) is 6. The van der Waals surface area contributed by atoms with Gasteiger partial charge in [-0.25, -0.2) is 9.71 Å². The first kappa shape index (κ1) is 22.0. The molecule has 0 saturated carbocycles. The van der Waals surface area contributed by atoms with Crippen LogP contribution >= 0.6 is 0 Å². The maximum Gasteiger partial charge on any atom is 0.516 e. The van der Waals surface area contributed by atoms with Crippen molar-refractivity contribution in [2.45, 2.75) is 12.1 Å². The molecule has 0 unspecified atom stereocenters. The number of aromatic nitrogens is 2. The monoisotopic (exact) mass is 453 g/mol. The molecule has 2 N–H and O–H groups in total. The number of alkyl halides is 3. The maximum absolute atomic E-state index is 12.8. The van der Waals surface area contributed by atoms with E-state index in [1.165, 1.54) is 42.5 Å². The van der Waals surface area contributed by atoms with Gasteiger partial charge in [0.2, 0.25) is 0 Å². The lowest BCUT2D eigenvalue weighted by Crippen LogP contribution is -2.43. The minimum Gasteiger partial charge on any atom is -0.508 e. The lowest BCUT2D eigenvalue weighted by atomic mass is 10.2. The van der Waals surface area contributed by atoms with Gasteiger partial charge in [-0.15, -0.1) is 0 Å². The third-order valence-corrected chi connectivity index (χ3v) is 5.16. The molecule has 8 nitrogen and oxygen atoms in total. The van der Waals surface area contributed by atoms with Crippen LogP contribution in [-0.2, 0) is 21.4 Å². The van der Waals surface area contributed by atoms with Crippen molar-refractivity contribution in [1.82, 2.24) is 14.3 Å². The predicted molar refractivity (Wildman–Crippen MR) is 106 cm³/mol. The van der Waals surface area contributed by atoms with E-state index in [1.54, 1.807) is 18.2 Å². The number of nitrogens with zero attached hydrogens (tertiary/aromatic N) is 2. The van der Waals surface area contributed by atoms with E-state index in [2.05, 4.69) is 4.98 Å². The molecular weight excluding hydrogens is 439 g/mol. The number of para-hydroxylation sites is 2. The van der Waals surface area contributed by atoms with Gasteiger partial charge in [-0.1, -0.05) is 30.3 Å². The fraction of sp³-hybridized carbons (Fsp3) is 0.105. The van der Waals surface area contributed by atoms with Crippen molar-refractivity contribution >= 4 is 39.1 Å². The third-order valence-electron chi connectivity index (χ3n) is 4.06. The molecule has 31 heavy (non-hydrogen) atoms. The summed E-state index contributed by atoms with van der Waals surface area (Å²) in [4.78, 5) is 29.0. The van der Waals surface area contributed by atoms with Gasteiger partial charge in [0.05, 0.1) is 11.0 Å². The summed E-state index contributed by atoms with van der Waals surface area (Å²) in [5.74, 6) is -1.49. The van der Waals surface area contributed by atoms with Crippen LogP contribution in [0.2, 0.25) is 0 Å². The van der Waals surface area contributed by atoms with Gasteiger partial charge in [0.25, 0.3) is 11.5 Å². The number of carbonyl (C=O) groups is 1. The summed E-state index contributed by atoms with van der Waals surface area (Å²) < 4.78 is 61.6. The molecule has 0 aliphatic rings. The average Bonchev–Trinajstić information content (AvgIpc) is 2.69. The highest BCUT2D eigenvalue weighted by Gasteiger charge is 2.47. The fourth-order valence-corrected chi connectivity index (χ4v) is 3.10. The number of fused-ring (bicyclic) bond motifs is 1. The molecule has 1 aromatic heterocycles. The molecule has 0 aliphatic heterocycles.